The highest BCUT2D eigenvalue weighted by Crippen LogP contribution is 2.09. The van der Waals surface area contributed by atoms with E-state index in [0.717, 1.165) is 5.56 Å². The Hall–Kier alpha value is -1.43. The molecule has 0 saturated carbocycles. The van der Waals surface area contributed by atoms with Gasteiger partial charge in [-0.3, -0.25) is 4.79 Å². The molecule has 2 atom stereocenters. The Labute approximate surface area is 119 Å². The Bertz CT molecular complexity index is 461. The number of nitrogens with one attached hydrogen (secondary N) is 1. The van der Waals surface area contributed by atoms with Crippen molar-refractivity contribution in [2.24, 2.45) is 5.73 Å². The highest BCUT2D eigenvalue weighted by Gasteiger charge is 2.36. The predicted molar refractivity (Wildman–Crippen MR) is 78.0 cm³/mol. The molecule has 0 spiro atoms. The minimum atomic E-state index is -0.540. The van der Waals surface area contributed by atoms with Crippen LogP contribution in [-0.2, 0) is 11.2 Å². The second-order valence-corrected chi connectivity index (χ2v) is 6.11. The fourth-order valence-electron chi connectivity index (χ4n) is 2.60. The van der Waals surface area contributed by atoms with Crippen molar-refractivity contribution in [3.63, 3.8) is 0 Å². The molecular weight excluding hydrogens is 254 g/mol. The zero-order valence-electron chi connectivity index (χ0n) is 12.1. The van der Waals surface area contributed by atoms with Crippen LogP contribution in [0.15, 0.2) is 30.3 Å². The SMILES string of the molecule is CC1(C)CN(C(=O)[C@@H](N)Cc2ccccc2)CC[NH+]1[O-]. The third kappa shape index (κ3) is 3.36. The normalized spacial score (nSPS) is 23.4. The maximum atomic E-state index is 12.4. The van der Waals surface area contributed by atoms with Gasteiger partial charge in [-0.05, 0) is 25.8 Å². The van der Waals surface area contributed by atoms with Crippen molar-refractivity contribution >= 4 is 5.91 Å². The molecule has 2 rings (SSSR count). The molecule has 0 radical (unpaired) electrons. The summed E-state index contributed by atoms with van der Waals surface area (Å²) in [6, 6.07) is 9.22. The third-order valence-electron chi connectivity index (χ3n) is 3.88. The van der Waals surface area contributed by atoms with Crippen molar-refractivity contribution in [1.82, 2.24) is 4.90 Å². The second-order valence-electron chi connectivity index (χ2n) is 6.11. The van der Waals surface area contributed by atoms with Crippen LogP contribution in [0.25, 0.3) is 0 Å². The first kappa shape index (κ1) is 15.0. The maximum Gasteiger partial charge on any atom is 0.240 e. The molecule has 0 aromatic heterocycles. The van der Waals surface area contributed by atoms with E-state index in [4.69, 9.17) is 5.73 Å². The molecule has 1 amide bonds. The highest BCUT2D eigenvalue weighted by molar-refractivity contribution is 5.82. The maximum absolute atomic E-state index is 12.4. The van der Waals surface area contributed by atoms with E-state index >= 15 is 0 Å². The van der Waals surface area contributed by atoms with E-state index in [1.165, 1.54) is 0 Å². The van der Waals surface area contributed by atoms with Crippen molar-refractivity contribution in [2.45, 2.75) is 31.8 Å². The van der Waals surface area contributed by atoms with Crippen molar-refractivity contribution < 1.29 is 9.86 Å². The van der Waals surface area contributed by atoms with E-state index in [9.17, 15) is 10.0 Å². The number of nitrogens with two attached hydrogens (primary N) is 1. The van der Waals surface area contributed by atoms with Gasteiger partial charge >= 0.3 is 0 Å². The van der Waals surface area contributed by atoms with Crippen molar-refractivity contribution in [2.75, 3.05) is 19.6 Å². The van der Waals surface area contributed by atoms with E-state index in [-0.39, 0.29) is 11.0 Å². The number of carbonyl (C=O) groups is 1. The first-order valence-corrected chi connectivity index (χ1v) is 7.02. The molecule has 20 heavy (non-hydrogen) atoms. The summed E-state index contributed by atoms with van der Waals surface area (Å²) in [7, 11) is 0. The van der Waals surface area contributed by atoms with Crippen LogP contribution in [0.5, 0.6) is 0 Å². The Morgan fingerprint density at radius 3 is 2.70 bits per heavy atom. The van der Waals surface area contributed by atoms with Crippen LogP contribution >= 0.6 is 0 Å². The van der Waals surface area contributed by atoms with Gasteiger partial charge < -0.3 is 20.9 Å². The van der Waals surface area contributed by atoms with Crippen molar-refractivity contribution in [1.29, 1.82) is 0 Å². The molecule has 110 valence electrons. The number of quaternary nitrogens is 1. The minimum Gasteiger partial charge on any atom is -0.634 e. The molecule has 0 aliphatic carbocycles. The van der Waals surface area contributed by atoms with E-state index in [1.807, 2.05) is 44.2 Å². The standard InChI is InChI=1S/C15H23N3O2/c1-15(2)11-17(8-9-18(15)20)14(19)13(16)10-12-6-4-3-5-7-12/h3-7,13,18H,8-11,16H2,1-2H3/t13-/m0/s1. The summed E-state index contributed by atoms with van der Waals surface area (Å²) in [5.74, 6) is -0.0607. The molecular formula is C15H23N3O2. The Morgan fingerprint density at radius 1 is 1.45 bits per heavy atom. The number of hydroxylamine groups is 2. The molecule has 1 aromatic rings. The van der Waals surface area contributed by atoms with Crippen LogP contribution in [0.3, 0.4) is 0 Å². The number of hydrogen-bond donors (Lipinski definition) is 2. The Kier molecular flexibility index (Phi) is 4.42. The zero-order chi connectivity index (χ0) is 14.8. The van der Waals surface area contributed by atoms with Gasteiger partial charge in [0, 0.05) is 0 Å². The molecule has 5 heteroatoms. The van der Waals surface area contributed by atoms with Crippen LogP contribution in [0.1, 0.15) is 19.4 Å². The van der Waals surface area contributed by atoms with Crippen molar-refractivity contribution in [3.05, 3.63) is 41.1 Å². The topological polar surface area (TPSA) is 73.8 Å². The van der Waals surface area contributed by atoms with Gasteiger partial charge in [0.2, 0.25) is 5.91 Å². The summed E-state index contributed by atoms with van der Waals surface area (Å²) in [6.45, 7) is 5.16. The monoisotopic (exact) mass is 277 g/mol. The highest BCUT2D eigenvalue weighted by atomic mass is 16.5. The summed E-state index contributed by atoms with van der Waals surface area (Å²) in [5.41, 5.74) is 6.63. The second kappa shape index (κ2) is 5.91. The average molecular weight is 277 g/mol. The number of nitrogens with zero attached hydrogens (tertiary/aromatic N) is 1. The van der Waals surface area contributed by atoms with Gasteiger partial charge in [0.05, 0.1) is 25.7 Å². The molecule has 1 heterocycles. The van der Waals surface area contributed by atoms with Gasteiger partial charge in [0.25, 0.3) is 0 Å². The lowest BCUT2D eigenvalue weighted by Crippen LogP contribution is -3.18. The molecule has 1 aromatic carbocycles. The minimum absolute atomic E-state index is 0.0607. The number of benzene rings is 1. The Morgan fingerprint density at radius 2 is 2.10 bits per heavy atom. The van der Waals surface area contributed by atoms with Crippen LogP contribution in [0.4, 0.5) is 0 Å². The van der Waals surface area contributed by atoms with Gasteiger partial charge in [0.1, 0.15) is 5.54 Å². The molecule has 0 bridgehead atoms. The van der Waals surface area contributed by atoms with Gasteiger partial charge in [-0.2, -0.15) is 0 Å². The molecule has 1 aliphatic heterocycles. The lowest BCUT2D eigenvalue weighted by molar-refractivity contribution is -0.905. The molecule has 5 nitrogen and oxygen atoms in total. The fraction of sp³-hybridized carbons (Fsp3) is 0.533. The summed E-state index contributed by atoms with van der Waals surface area (Å²) >= 11 is 0. The summed E-state index contributed by atoms with van der Waals surface area (Å²) in [5, 5.41) is 12.0. The van der Waals surface area contributed by atoms with E-state index in [2.05, 4.69) is 0 Å². The smallest absolute Gasteiger partial charge is 0.240 e. The number of piperazine rings is 1. The van der Waals surface area contributed by atoms with Crippen molar-refractivity contribution in [3.8, 4) is 0 Å². The molecule has 1 unspecified atom stereocenters. The molecule has 3 N–H and O–H groups in total. The summed E-state index contributed by atoms with van der Waals surface area (Å²) in [6.07, 6.45) is 0.532. The van der Waals surface area contributed by atoms with Crippen LogP contribution in [0, 0.1) is 5.21 Å². The number of amides is 1. The third-order valence-corrected chi connectivity index (χ3v) is 3.88. The van der Waals surface area contributed by atoms with Gasteiger partial charge in [-0.1, -0.05) is 30.3 Å². The fourth-order valence-corrected chi connectivity index (χ4v) is 2.60. The van der Waals surface area contributed by atoms with Gasteiger partial charge in [0.15, 0.2) is 0 Å². The number of rotatable bonds is 3. The molecule has 1 aliphatic rings. The number of hydrogen-bond acceptors (Lipinski definition) is 3. The molecule has 1 saturated heterocycles. The average Bonchev–Trinajstić information content (AvgIpc) is 2.42. The first-order valence-electron chi connectivity index (χ1n) is 7.02. The summed E-state index contributed by atoms with van der Waals surface area (Å²) in [4.78, 5) is 14.1. The largest absolute Gasteiger partial charge is 0.634 e. The van der Waals surface area contributed by atoms with E-state index < -0.39 is 11.6 Å². The van der Waals surface area contributed by atoms with Gasteiger partial charge in [-0.15, -0.1) is 0 Å². The number of carbonyl (C=O) groups excluding carboxylic acids is 1. The van der Waals surface area contributed by atoms with E-state index in [1.54, 1.807) is 4.90 Å². The van der Waals surface area contributed by atoms with Crippen LogP contribution in [0.2, 0.25) is 0 Å². The zero-order valence-corrected chi connectivity index (χ0v) is 12.1. The lowest BCUT2D eigenvalue weighted by Gasteiger charge is -2.46. The lowest BCUT2D eigenvalue weighted by atomic mass is 9.99. The molecule has 1 fully saturated rings. The quantitative estimate of drug-likeness (QED) is 0.736. The predicted octanol–water partition coefficient (Wildman–Crippen LogP) is -0.440. The van der Waals surface area contributed by atoms with Crippen LogP contribution < -0.4 is 10.8 Å². The van der Waals surface area contributed by atoms with E-state index in [0.29, 0.717) is 26.1 Å². The van der Waals surface area contributed by atoms with Gasteiger partial charge in [-0.25, -0.2) is 0 Å². The first-order chi connectivity index (χ1) is 9.40. The Balaban J connectivity index is 1.97. The summed E-state index contributed by atoms with van der Waals surface area (Å²) < 4.78 is 0. The van der Waals surface area contributed by atoms with Crippen LogP contribution in [-0.4, -0.2) is 42.0 Å².